The van der Waals surface area contributed by atoms with Crippen LogP contribution in [0.3, 0.4) is 0 Å². The first-order valence-corrected chi connectivity index (χ1v) is 10.2. The number of hydrogen-bond donors (Lipinski definition) is 3. The van der Waals surface area contributed by atoms with Gasteiger partial charge in [-0.05, 0) is 23.8 Å². The van der Waals surface area contributed by atoms with E-state index in [0.29, 0.717) is 44.1 Å². The van der Waals surface area contributed by atoms with E-state index in [1.54, 1.807) is 23.4 Å². The smallest absolute Gasteiger partial charge is 0.317 e. The van der Waals surface area contributed by atoms with Gasteiger partial charge in [0.2, 0.25) is 0 Å². The highest BCUT2D eigenvalue weighted by atomic mass is 16.2. The van der Waals surface area contributed by atoms with Crippen molar-refractivity contribution in [2.45, 2.75) is 6.54 Å². The molecule has 3 N–H and O–H groups in total. The summed E-state index contributed by atoms with van der Waals surface area (Å²) < 4.78 is 0. The lowest BCUT2D eigenvalue weighted by Gasteiger charge is -2.17. The summed E-state index contributed by atoms with van der Waals surface area (Å²) in [6.07, 6.45) is 3.41. The quantitative estimate of drug-likeness (QED) is 0.524. The lowest BCUT2D eigenvalue weighted by molar-refractivity contribution is 0.0951. The molecule has 0 bridgehead atoms. The van der Waals surface area contributed by atoms with Crippen molar-refractivity contribution in [2.75, 3.05) is 31.5 Å². The molecule has 0 unspecified atom stereocenters. The second-order valence-electron chi connectivity index (χ2n) is 7.15. The van der Waals surface area contributed by atoms with E-state index in [9.17, 15) is 9.59 Å². The number of nitrogens with zero attached hydrogens (tertiary/aromatic N) is 3. The van der Waals surface area contributed by atoms with Gasteiger partial charge in [0.25, 0.3) is 5.91 Å². The van der Waals surface area contributed by atoms with Crippen molar-refractivity contribution in [3.8, 4) is 11.3 Å². The second kappa shape index (κ2) is 9.71. The summed E-state index contributed by atoms with van der Waals surface area (Å²) in [6.45, 7) is 2.72. The Morgan fingerprint density at radius 2 is 1.97 bits per heavy atom. The Morgan fingerprint density at radius 1 is 1.10 bits per heavy atom. The van der Waals surface area contributed by atoms with Crippen LogP contribution in [0.1, 0.15) is 15.9 Å². The van der Waals surface area contributed by atoms with E-state index < -0.39 is 0 Å². The van der Waals surface area contributed by atoms with Gasteiger partial charge < -0.3 is 20.9 Å². The number of carbonyl (C=O) groups is 2. The van der Waals surface area contributed by atoms with E-state index >= 15 is 0 Å². The van der Waals surface area contributed by atoms with Crippen LogP contribution in [0.4, 0.5) is 10.6 Å². The fraction of sp³-hybridized carbons (Fsp3) is 0.217. The van der Waals surface area contributed by atoms with Gasteiger partial charge in [0.05, 0.1) is 11.3 Å². The van der Waals surface area contributed by atoms with Gasteiger partial charge in [-0.1, -0.05) is 36.4 Å². The highest BCUT2D eigenvalue weighted by molar-refractivity contribution is 5.99. The van der Waals surface area contributed by atoms with Gasteiger partial charge in [0, 0.05) is 50.7 Å². The van der Waals surface area contributed by atoms with Gasteiger partial charge in [0.15, 0.2) is 0 Å². The minimum Gasteiger partial charge on any atom is -0.368 e. The molecule has 1 aliphatic heterocycles. The van der Waals surface area contributed by atoms with Crippen molar-refractivity contribution in [3.63, 3.8) is 0 Å². The summed E-state index contributed by atoms with van der Waals surface area (Å²) in [5, 5.41) is 8.95. The summed E-state index contributed by atoms with van der Waals surface area (Å²) in [7, 11) is 0. The van der Waals surface area contributed by atoms with Crippen molar-refractivity contribution in [2.24, 2.45) is 0 Å². The zero-order valence-corrected chi connectivity index (χ0v) is 17.0. The van der Waals surface area contributed by atoms with Crippen LogP contribution in [0.15, 0.2) is 67.0 Å². The first-order chi connectivity index (χ1) is 15.2. The summed E-state index contributed by atoms with van der Waals surface area (Å²) in [5.74, 6) is 0.266. The van der Waals surface area contributed by atoms with E-state index in [4.69, 9.17) is 4.98 Å². The Morgan fingerprint density at radius 3 is 2.71 bits per heavy atom. The molecule has 1 aliphatic rings. The van der Waals surface area contributed by atoms with E-state index in [1.165, 1.54) is 0 Å². The Balaban J connectivity index is 1.51. The zero-order valence-electron chi connectivity index (χ0n) is 17.0. The maximum Gasteiger partial charge on any atom is 0.317 e. The number of benzene rings is 1. The molecule has 3 aromatic rings. The summed E-state index contributed by atoms with van der Waals surface area (Å²) >= 11 is 0. The molecule has 0 radical (unpaired) electrons. The Hall–Kier alpha value is -3.94. The van der Waals surface area contributed by atoms with Crippen LogP contribution in [-0.2, 0) is 6.54 Å². The van der Waals surface area contributed by atoms with E-state index in [2.05, 4.69) is 20.9 Å². The number of rotatable bonds is 8. The van der Waals surface area contributed by atoms with Gasteiger partial charge in [-0.15, -0.1) is 0 Å². The molecule has 2 aromatic heterocycles. The SMILES string of the molecule is O=C(NCc1cccnc1)c1ccc(-c2ccccc2)nc1NCCN1CCNC1=O. The van der Waals surface area contributed by atoms with Crippen molar-refractivity contribution in [1.29, 1.82) is 0 Å². The average Bonchev–Trinajstić information content (AvgIpc) is 3.23. The number of urea groups is 1. The number of aromatic nitrogens is 2. The summed E-state index contributed by atoms with van der Waals surface area (Å²) in [4.78, 5) is 35.1. The molecule has 3 heterocycles. The molecule has 0 saturated carbocycles. The molecular weight excluding hydrogens is 392 g/mol. The topological polar surface area (TPSA) is 99.2 Å². The third-order valence-corrected chi connectivity index (χ3v) is 5.00. The molecule has 0 spiro atoms. The lowest BCUT2D eigenvalue weighted by atomic mass is 10.1. The Labute approximate surface area is 180 Å². The predicted octanol–water partition coefficient (Wildman–Crippen LogP) is 2.51. The molecular formula is C23H24N6O2. The van der Waals surface area contributed by atoms with Gasteiger partial charge in [0.1, 0.15) is 5.82 Å². The minimum absolute atomic E-state index is 0.0674. The maximum atomic E-state index is 12.9. The zero-order chi connectivity index (χ0) is 21.5. The summed E-state index contributed by atoms with van der Waals surface area (Å²) in [5.41, 5.74) is 3.10. The molecule has 1 saturated heterocycles. The summed E-state index contributed by atoms with van der Waals surface area (Å²) in [6, 6.07) is 17.1. The average molecular weight is 416 g/mol. The number of amides is 3. The fourth-order valence-corrected chi connectivity index (χ4v) is 3.36. The molecule has 0 aliphatic carbocycles. The van der Waals surface area contributed by atoms with Crippen molar-refractivity contribution in [3.05, 3.63) is 78.1 Å². The number of hydrogen-bond acceptors (Lipinski definition) is 5. The van der Waals surface area contributed by atoms with Gasteiger partial charge in [-0.2, -0.15) is 0 Å². The standard InChI is InChI=1S/C23H24N6O2/c30-22(27-16-17-5-4-10-24-15-17)19-8-9-20(18-6-2-1-3-7-18)28-21(19)25-11-13-29-14-12-26-23(29)31/h1-10,15H,11-14,16H2,(H,25,28)(H,26,31)(H,27,30). The molecule has 8 heteroatoms. The maximum absolute atomic E-state index is 12.9. The van der Waals surface area contributed by atoms with Gasteiger partial charge in [-0.3, -0.25) is 9.78 Å². The number of anilines is 1. The molecule has 0 atom stereocenters. The van der Waals surface area contributed by atoms with Crippen molar-refractivity contribution < 1.29 is 9.59 Å². The molecule has 3 amide bonds. The van der Waals surface area contributed by atoms with Gasteiger partial charge in [-0.25, -0.2) is 9.78 Å². The molecule has 1 fully saturated rings. The highest BCUT2D eigenvalue weighted by Gasteiger charge is 2.19. The molecule has 8 nitrogen and oxygen atoms in total. The Kier molecular flexibility index (Phi) is 6.37. The molecule has 4 rings (SSSR count). The van der Waals surface area contributed by atoms with Crippen LogP contribution in [0.25, 0.3) is 11.3 Å². The van der Waals surface area contributed by atoms with Crippen LogP contribution in [0.5, 0.6) is 0 Å². The third kappa shape index (κ3) is 5.16. The lowest BCUT2D eigenvalue weighted by Crippen LogP contribution is -2.33. The van der Waals surface area contributed by atoms with Crippen LogP contribution < -0.4 is 16.0 Å². The molecule has 31 heavy (non-hydrogen) atoms. The monoisotopic (exact) mass is 416 g/mol. The van der Waals surface area contributed by atoms with Crippen molar-refractivity contribution in [1.82, 2.24) is 25.5 Å². The first-order valence-electron chi connectivity index (χ1n) is 10.2. The minimum atomic E-state index is -0.225. The number of carbonyl (C=O) groups excluding carboxylic acids is 2. The normalized spacial score (nSPS) is 13.0. The van der Waals surface area contributed by atoms with Gasteiger partial charge >= 0.3 is 6.03 Å². The highest BCUT2D eigenvalue weighted by Crippen LogP contribution is 2.22. The fourth-order valence-electron chi connectivity index (χ4n) is 3.36. The Bertz CT molecular complexity index is 1040. The largest absolute Gasteiger partial charge is 0.368 e. The van der Waals surface area contributed by atoms with E-state index in [-0.39, 0.29) is 11.9 Å². The van der Waals surface area contributed by atoms with Crippen molar-refractivity contribution >= 4 is 17.8 Å². The van der Waals surface area contributed by atoms with Crippen LogP contribution in [-0.4, -0.2) is 53.0 Å². The van der Waals surface area contributed by atoms with E-state index in [0.717, 1.165) is 16.8 Å². The van der Waals surface area contributed by atoms with E-state index in [1.807, 2.05) is 48.5 Å². The van der Waals surface area contributed by atoms with Crippen LogP contribution in [0.2, 0.25) is 0 Å². The molecule has 1 aromatic carbocycles. The second-order valence-corrected chi connectivity index (χ2v) is 7.15. The number of pyridine rings is 2. The number of nitrogens with one attached hydrogen (secondary N) is 3. The van der Waals surface area contributed by atoms with Crippen LogP contribution in [0, 0.1) is 0 Å². The first kappa shape index (κ1) is 20.3. The predicted molar refractivity (Wildman–Crippen MR) is 119 cm³/mol. The third-order valence-electron chi connectivity index (χ3n) is 5.00. The van der Waals surface area contributed by atoms with Crippen LogP contribution >= 0.6 is 0 Å². The molecule has 158 valence electrons.